The largest absolute Gasteiger partial charge is 0.342 e. The van der Waals surface area contributed by atoms with Crippen LogP contribution in [0.3, 0.4) is 0 Å². The number of thiophene rings is 1. The molecule has 21 heavy (non-hydrogen) atoms. The molecule has 2 heterocycles. The van der Waals surface area contributed by atoms with Gasteiger partial charge in [0.15, 0.2) is 0 Å². The molecule has 0 spiro atoms. The molecule has 1 aromatic heterocycles. The summed E-state index contributed by atoms with van der Waals surface area (Å²) in [4.78, 5) is 28.8. The number of hydrogen-bond acceptors (Lipinski definition) is 5. The zero-order chi connectivity index (χ0) is 15.2. The molecule has 7 heteroatoms. The molecule has 1 aliphatic rings. The van der Waals surface area contributed by atoms with Gasteiger partial charge in [-0.2, -0.15) is 0 Å². The van der Waals surface area contributed by atoms with Crippen molar-refractivity contribution in [3.63, 3.8) is 0 Å². The molecule has 1 aliphatic heterocycles. The fourth-order valence-corrected chi connectivity index (χ4v) is 3.35. The summed E-state index contributed by atoms with van der Waals surface area (Å²) >= 11 is 1.70. The molecular formula is C14H22N4O2S. The zero-order valence-corrected chi connectivity index (χ0v) is 13.1. The van der Waals surface area contributed by atoms with Crippen molar-refractivity contribution >= 4 is 23.2 Å². The van der Waals surface area contributed by atoms with Gasteiger partial charge in [0.05, 0.1) is 6.54 Å². The predicted octanol–water partition coefficient (Wildman–Crippen LogP) is 0.408. The Balaban J connectivity index is 1.75. The highest BCUT2D eigenvalue weighted by Crippen LogP contribution is 2.17. The van der Waals surface area contributed by atoms with Gasteiger partial charge in [0.25, 0.3) is 0 Å². The molecule has 1 fully saturated rings. The van der Waals surface area contributed by atoms with Crippen LogP contribution in [0, 0.1) is 5.92 Å². The predicted molar refractivity (Wildman–Crippen MR) is 82.3 cm³/mol. The van der Waals surface area contributed by atoms with Crippen LogP contribution in [0.1, 0.15) is 17.7 Å². The van der Waals surface area contributed by atoms with Gasteiger partial charge in [-0.3, -0.25) is 19.9 Å². The van der Waals surface area contributed by atoms with E-state index in [1.165, 1.54) is 4.88 Å². The van der Waals surface area contributed by atoms with Crippen LogP contribution in [0.5, 0.6) is 0 Å². The molecule has 0 aromatic carbocycles. The Morgan fingerprint density at radius 3 is 2.76 bits per heavy atom. The van der Waals surface area contributed by atoms with Gasteiger partial charge < -0.3 is 4.90 Å². The van der Waals surface area contributed by atoms with Gasteiger partial charge in [0, 0.05) is 30.4 Å². The Kier molecular flexibility index (Phi) is 5.72. The summed E-state index contributed by atoms with van der Waals surface area (Å²) in [5, 5.41) is 2.04. The fraction of sp³-hybridized carbons (Fsp3) is 0.571. The lowest BCUT2D eigenvalue weighted by Crippen LogP contribution is -2.46. The van der Waals surface area contributed by atoms with Crippen LogP contribution in [0.15, 0.2) is 17.5 Å². The second kappa shape index (κ2) is 7.53. The zero-order valence-electron chi connectivity index (χ0n) is 12.2. The summed E-state index contributed by atoms with van der Waals surface area (Å²) in [7, 11) is 1.95. The van der Waals surface area contributed by atoms with Crippen LogP contribution in [0.2, 0.25) is 0 Å². The number of likely N-dealkylation sites (tertiary alicyclic amines) is 1. The first-order chi connectivity index (χ1) is 10.1. The van der Waals surface area contributed by atoms with Crippen molar-refractivity contribution < 1.29 is 9.59 Å². The molecule has 0 bridgehead atoms. The Labute approximate surface area is 128 Å². The van der Waals surface area contributed by atoms with E-state index in [0.29, 0.717) is 32.5 Å². The van der Waals surface area contributed by atoms with Crippen molar-refractivity contribution in [1.29, 1.82) is 0 Å². The van der Waals surface area contributed by atoms with Crippen LogP contribution in [-0.4, -0.2) is 48.3 Å². The number of hydrazine groups is 1. The Morgan fingerprint density at radius 1 is 1.48 bits per heavy atom. The molecule has 0 atom stereocenters. The molecule has 2 rings (SSSR count). The summed E-state index contributed by atoms with van der Waals surface area (Å²) in [6.45, 7) is 2.45. The average molecular weight is 310 g/mol. The lowest BCUT2D eigenvalue weighted by molar-refractivity contribution is -0.136. The molecular weight excluding hydrogens is 288 g/mol. The summed E-state index contributed by atoms with van der Waals surface area (Å²) in [6, 6.07) is 4.09. The van der Waals surface area contributed by atoms with E-state index in [2.05, 4.69) is 11.5 Å². The molecule has 2 amide bonds. The Hall–Kier alpha value is -1.44. The third-order valence-corrected chi connectivity index (χ3v) is 4.63. The van der Waals surface area contributed by atoms with Crippen LogP contribution in [0.25, 0.3) is 0 Å². The number of nitrogens with two attached hydrogens (primary N) is 1. The second-order valence-electron chi connectivity index (χ2n) is 5.42. The van der Waals surface area contributed by atoms with E-state index in [9.17, 15) is 9.59 Å². The van der Waals surface area contributed by atoms with Crippen molar-refractivity contribution in [3.05, 3.63) is 22.4 Å². The topological polar surface area (TPSA) is 78.7 Å². The van der Waals surface area contributed by atoms with E-state index >= 15 is 0 Å². The third-order valence-electron chi connectivity index (χ3n) is 3.77. The van der Waals surface area contributed by atoms with Crippen LogP contribution in [0.4, 0.5) is 0 Å². The number of carbonyl (C=O) groups is 2. The van der Waals surface area contributed by atoms with Crippen molar-refractivity contribution in [3.8, 4) is 0 Å². The number of hydrogen-bond donors (Lipinski definition) is 2. The minimum absolute atomic E-state index is 0.0668. The number of nitrogens with zero attached hydrogens (tertiary/aromatic N) is 2. The molecule has 3 N–H and O–H groups in total. The minimum Gasteiger partial charge on any atom is -0.342 e. The van der Waals surface area contributed by atoms with Gasteiger partial charge in [0.1, 0.15) is 0 Å². The van der Waals surface area contributed by atoms with Crippen molar-refractivity contribution in [2.75, 3.05) is 26.7 Å². The van der Waals surface area contributed by atoms with Gasteiger partial charge >= 0.3 is 0 Å². The normalized spacial score (nSPS) is 16.2. The highest BCUT2D eigenvalue weighted by atomic mass is 32.1. The van der Waals surface area contributed by atoms with E-state index in [1.807, 2.05) is 28.3 Å². The van der Waals surface area contributed by atoms with Crippen molar-refractivity contribution in [2.45, 2.75) is 19.4 Å². The first-order valence-electron chi connectivity index (χ1n) is 7.09. The number of piperidine rings is 1. The van der Waals surface area contributed by atoms with Gasteiger partial charge in [-0.25, -0.2) is 5.84 Å². The lowest BCUT2D eigenvalue weighted by atomic mass is 9.96. The van der Waals surface area contributed by atoms with E-state index < -0.39 is 0 Å². The Morgan fingerprint density at radius 2 is 2.19 bits per heavy atom. The number of carbonyl (C=O) groups excluding carboxylic acids is 2. The highest BCUT2D eigenvalue weighted by Gasteiger charge is 2.27. The van der Waals surface area contributed by atoms with Gasteiger partial charge in [-0.1, -0.05) is 6.07 Å². The van der Waals surface area contributed by atoms with E-state index in [-0.39, 0.29) is 17.7 Å². The van der Waals surface area contributed by atoms with E-state index in [4.69, 9.17) is 5.84 Å². The number of amides is 2. The molecule has 1 aromatic rings. The van der Waals surface area contributed by atoms with Crippen LogP contribution in [-0.2, 0) is 16.1 Å². The lowest BCUT2D eigenvalue weighted by Gasteiger charge is -2.32. The van der Waals surface area contributed by atoms with Gasteiger partial charge in [-0.05, 0) is 31.3 Å². The van der Waals surface area contributed by atoms with Crippen LogP contribution >= 0.6 is 11.3 Å². The summed E-state index contributed by atoms with van der Waals surface area (Å²) in [5.74, 6) is 5.07. The van der Waals surface area contributed by atoms with E-state index in [1.54, 1.807) is 11.3 Å². The molecule has 116 valence electrons. The monoisotopic (exact) mass is 310 g/mol. The van der Waals surface area contributed by atoms with Crippen LogP contribution < -0.4 is 11.3 Å². The fourth-order valence-electron chi connectivity index (χ4n) is 2.56. The summed E-state index contributed by atoms with van der Waals surface area (Å²) < 4.78 is 0. The van der Waals surface area contributed by atoms with Gasteiger partial charge in [-0.15, -0.1) is 11.3 Å². The maximum absolute atomic E-state index is 12.2. The SMILES string of the molecule is CN(CC(=O)N1CCC(C(=O)NN)CC1)Cc1cccs1. The molecule has 0 radical (unpaired) electrons. The third kappa shape index (κ3) is 4.52. The maximum atomic E-state index is 12.2. The number of nitrogens with one attached hydrogen (secondary N) is 1. The van der Waals surface area contributed by atoms with E-state index in [0.717, 1.165) is 6.54 Å². The quantitative estimate of drug-likeness (QED) is 0.469. The van der Waals surface area contributed by atoms with Crippen molar-refractivity contribution in [2.24, 2.45) is 11.8 Å². The molecule has 0 saturated carbocycles. The first-order valence-corrected chi connectivity index (χ1v) is 7.97. The smallest absolute Gasteiger partial charge is 0.237 e. The second-order valence-corrected chi connectivity index (χ2v) is 6.45. The average Bonchev–Trinajstić information content (AvgIpc) is 2.99. The standard InChI is InChI=1S/C14H22N4O2S/c1-17(9-12-3-2-8-21-12)10-13(19)18-6-4-11(5-7-18)14(20)16-15/h2-3,8,11H,4-7,9-10,15H2,1H3,(H,16,20). The first kappa shape index (κ1) is 15.9. The molecule has 0 aliphatic carbocycles. The van der Waals surface area contributed by atoms with Crippen molar-refractivity contribution in [1.82, 2.24) is 15.2 Å². The number of rotatable bonds is 5. The summed E-state index contributed by atoms with van der Waals surface area (Å²) in [6.07, 6.45) is 1.37. The molecule has 1 saturated heterocycles. The minimum atomic E-state index is -0.128. The number of likely N-dealkylation sites (N-methyl/N-ethyl adjacent to an activating group) is 1. The molecule has 0 unspecified atom stereocenters. The Bertz CT molecular complexity index is 469. The molecule has 6 nitrogen and oxygen atoms in total. The maximum Gasteiger partial charge on any atom is 0.237 e. The van der Waals surface area contributed by atoms with Gasteiger partial charge in [0.2, 0.25) is 11.8 Å². The summed E-state index contributed by atoms with van der Waals surface area (Å²) in [5.41, 5.74) is 2.19. The highest BCUT2D eigenvalue weighted by molar-refractivity contribution is 7.09.